The summed E-state index contributed by atoms with van der Waals surface area (Å²) >= 11 is 3.41. The highest BCUT2D eigenvalue weighted by Gasteiger charge is 2.27. The number of carbonyl (C=O) groups excluding carboxylic acids is 1. The van der Waals surface area contributed by atoms with Crippen molar-refractivity contribution in [2.24, 2.45) is 0 Å². The number of amides is 1. The molecule has 0 atom stereocenters. The topological polar surface area (TPSA) is 43.8 Å². The molecular weight excluding hydrogens is 332 g/mol. The van der Waals surface area contributed by atoms with E-state index in [1.165, 1.54) is 0 Å². The van der Waals surface area contributed by atoms with Gasteiger partial charge in [0.05, 0.1) is 6.61 Å². The van der Waals surface area contributed by atoms with Crippen LogP contribution in [0.1, 0.15) is 28.8 Å². The molecule has 0 aliphatic carbocycles. The molecule has 0 saturated carbocycles. The largest absolute Gasteiger partial charge is 0.395 e. The van der Waals surface area contributed by atoms with E-state index in [0.29, 0.717) is 12.1 Å². The molecule has 0 spiro atoms. The number of rotatable bonds is 5. The molecule has 1 aromatic carbocycles. The Morgan fingerprint density at radius 3 is 2.48 bits per heavy atom. The van der Waals surface area contributed by atoms with E-state index in [4.69, 9.17) is 0 Å². The lowest BCUT2D eigenvalue weighted by Crippen LogP contribution is -2.47. The van der Waals surface area contributed by atoms with E-state index in [0.717, 1.165) is 36.8 Å². The average Bonchev–Trinajstić information content (AvgIpc) is 2.53. The fourth-order valence-electron chi connectivity index (χ4n) is 2.77. The minimum atomic E-state index is 0.0115. The van der Waals surface area contributed by atoms with Gasteiger partial charge in [-0.05, 0) is 50.7 Å². The van der Waals surface area contributed by atoms with Crippen molar-refractivity contribution >= 4 is 21.8 Å². The molecule has 0 unspecified atom stereocenters. The fraction of sp³-hybridized carbons (Fsp3) is 0.562. The molecule has 21 heavy (non-hydrogen) atoms. The lowest BCUT2D eigenvalue weighted by atomic mass is 10.0. The van der Waals surface area contributed by atoms with Crippen molar-refractivity contribution in [1.29, 1.82) is 0 Å². The van der Waals surface area contributed by atoms with Gasteiger partial charge in [0.2, 0.25) is 0 Å². The van der Waals surface area contributed by atoms with Gasteiger partial charge in [-0.25, -0.2) is 0 Å². The minimum Gasteiger partial charge on any atom is -0.395 e. The first-order chi connectivity index (χ1) is 10.2. The number of carbonyl (C=O) groups is 1. The van der Waals surface area contributed by atoms with E-state index in [-0.39, 0.29) is 18.6 Å². The minimum absolute atomic E-state index is 0.0115. The SMILES string of the molecule is CN1CCC(N(CCO)C(=O)c2ccc(CBr)cc2)CC1. The summed E-state index contributed by atoms with van der Waals surface area (Å²) in [5, 5.41) is 10.1. The molecule has 0 radical (unpaired) electrons. The van der Waals surface area contributed by atoms with Crippen LogP contribution in [-0.4, -0.2) is 60.1 Å². The lowest BCUT2D eigenvalue weighted by Gasteiger charge is -2.37. The second kappa shape index (κ2) is 7.92. The van der Waals surface area contributed by atoms with Crippen molar-refractivity contribution in [2.45, 2.75) is 24.2 Å². The van der Waals surface area contributed by atoms with Gasteiger partial charge in [0, 0.05) is 23.5 Å². The summed E-state index contributed by atoms with van der Waals surface area (Å²) in [6.07, 6.45) is 1.95. The number of hydrogen-bond donors (Lipinski definition) is 1. The number of alkyl halides is 1. The molecule has 4 nitrogen and oxygen atoms in total. The van der Waals surface area contributed by atoms with Gasteiger partial charge >= 0.3 is 0 Å². The van der Waals surface area contributed by atoms with Crippen LogP contribution in [0.5, 0.6) is 0 Å². The molecule has 1 aliphatic rings. The van der Waals surface area contributed by atoms with Crippen LogP contribution in [-0.2, 0) is 5.33 Å². The van der Waals surface area contributed by atoms with Crippen LogP contribution < -0.4 is 0 Å². The van der Waals surface area contributed by atoms with Crippen molar-refractivity contribution in [1.82, 2.24) is 9.80 Å². The Morgan fingerprint density at radius 2 is 1.95 bits per heavy atom. The van der Waals surface area contributed by atoms with Crippen LogP contribution in [0.2, 0.25) is 0 Å². The molecule has 1 aliphatic heterocycles. The third kappa shape index (κ3) is 4.28. The maximum absolute atomic E-state index is 12.7. The van der Waals surface area contributed by atoms with E-state index in [2.05, 4.69) is 27.9 Å². The zero-order valence-electron chi connectivity index (χ0n) is 12.5. The van der Waals surface area contributed by atoms with E-state index in [9.17, 15) is 9.90 Å². The molecule has 1 saturated heterocycles. The summed E-state index contributed by atoms with van der Waals surface area (Å²) in [6.45, 7) is 2.43. The summed E-state index contributed by atoms with van der Waals surface area (Å²) in [6, 6.07) is 7.91. The summed E-state index contributed by atoms with van der Waals surface area (Å²) < 4.78 is 0. The first kappa shape index (κ1) is 16.5. The number of benzene rings is 1. The van der Waals surface area contributed by atoms with E-state index in [1.807, 2.05) is 29.2 Å². The van der Waals surface area contributed by atoms with Crippen LogP contribution in [0.3, 0.4) is 0 Å². The maximum atomic E-state index is 12.7. The van der Waals surface area contributed by atoms with Crippen LogP contribution in [0.25, 0.3) is 0 Å². The number of piperidine rings is 1. The molecule has 0 bridgehead atoms. The molecular formula is C16H23BrN2O2. The zero-order valence-corrected chi connectivity index (χ0v) is 14.1. The van der Waals surface area contributed by atoms with Crippen LogP contribution in [0.15, 0.2) is 24.3 Å². The Hall–Kier alpha value is -0.910. The molecule has 1 fully saturated rings. The van der Waals surface area contributed by atoms with E-state index >= 15 is 0 Å². The number of aliphatic hydroxyl groups excluding tert-OH is 1. The maximum Gasteiger partial charge on any atom is 0.254 e. The molecule has 1 heterocycles. The number of likely N-dealkylation sites (tertiary alicyclic amines) is 1. The lowest BCUT2D eigenvalue weighted by molar-refractivity contribution is 0.0540. The van der Waals surface area contributed by atoms with Crippen molar-refractivity contribution in [2.75, 3.05) is 33.3 Å². The van der Waals surface area contributed by atoms with Crippen LogP contribution in [0.4, 0.5) is 0 Å². The van der Waals surface area contributed by atoms with Gasteiger partial charge in [-0.3, -0.25) is 4.79 Å². The van der Waals surface area contributed by atoms with E-state index < -0.39 is 0 Å². The van der Waals surface area contributed by atoms with E-state index in [1.54, 1.807) is 0 Å². The number of halogens is 1. The molecule has 5 heteroatoms. The molecule has 1 amide bonds. The summed E-state index contributed by atoms with van der Waals surface area (Å²) in [7, 11) is 2.10. The molecule has 0 aromatic heterocycles. The third-order valence-electron chi connectivity index (χ3n) is 4.09. The second-order valence-electron chi connectivity index (χ2n) is 5.59. The number of aliphatic hydroxyl groups is 1. The van der Waals surface area contributed by atoms with Crippen LogP contribution in [0, 0.1) is 0 Å². The van der Waals surface area contributed by atoms with Crippen molar-refractivity contribution in [3.05, 3.63) is 35.4 Å². The Balaban J connectivity index is 2.10. The summed E-state index contributed by atoms with van der Waals surface area (Å²) in [4.78, 5) is 16.8. The highest BCUT2D eigenvalue weighted by molar-refractivity contribution is 9.08. The molecule has 1 aromatic rings. The van der Waals surface area contributed by atoms with Gasteiger partial charge in [0.25, 0.3) is 5.91 Å². The summed E-state index contributed by atoms with van der Waals surface area (Å²) in [5.41, 5.74) is 1.85. The predicted molar refractivity (Wildman–Crippen MR) is 87.7 cm³/mol. The highest BCUT2D eigenvalue weighted by atomic mass is 79.9. The highest BCUT2D eigenvalue weighted by Crippen LogP contribution is 2.19. The van der Waals surface area contributed by atoms with Gasteiger partial charge in [0.15, 0.2) is 0 Å². The van der Waals surface area contributed by atoms with Gasteiger partial charge in [0.1, 0.15) is 0 Å². The standard InChI is InChI=1S/C16H23BrN2O2/c1-18-8-6-15(7-9-18)19(10-11-20)16(21)14-4-2-13(12-17)3-5-14/h2-5,15,20H,6-12H2,1H3. The van der Waals surface area contributed by atoms with Gasteiger partial charge in [-0.15, -0.1) is 0 Å². The average molecular weight is 355 g/mol. The smallest absolute Gasteiger partial charge is 0.254 e. The molecule has 116 valence electrons. The van der Waals surface area contributed by atoms with Gasteiger partial charge < -0.3 is 14.9 Å². The Labute approximate surface area is 134 Å². The normalized spacial score (nSPS) is 16.9. The Morgan fingerprint density at radius 1 is 1.33 bits per heavy atom. The number of hydrogen-bond acceptors (Lipinski definition) is 3. The first-order valence-electron chi connectivity index (χ1n) is 7.41. The zero-order chi connectivity index (χ0) is 15.2. The number of nitrogens with zero attached hydrogens (tertiary/aromatic N) is 2. The van der Waals surface area contributed by atoms with Crippen molar-refractivity contribution in [3.63, 3.8) is 0 Å². The Bertz CT molecular complexity index is 456. The molecule has 1 N–H and O–H groups in total. The van der Waals surface area contributed by atoms with Crippen molar-refractivity contribution < 1.29 is 9.90 Å². The fourth-order valence-corrected chi connectivity index (χ4v) is 3.14. The second-order valence-corrected chi connectivity index (χ2v) is 6.15. The third-order valence-corrected chi connectivity index (χ3v) is 4.73. The first-order valence-corrected chi connectivity index (χ1v) is 8.53. The monoisotopic (exact) mass is 354 g/mol. The van der Waals surface area contributed by atoms with Gasteiger partial charge in [-0.1, -0.05) is 28.1 Å². The predicted octanol–water partition coefficient (Wildman–Crippen LogP) is 2.11. The van der Waals surface area contributed by atoms with Crippen LogP contribution >= 0.6 is 15.9 Å². The van der Waals surface area contributed by atoms with Crippen molar-refractivity contribution in [3.8, 4) is 0 Å². The molecule has 2 rings (SSSR count). The quantitative estimate of drug-likeness (QED) is 0.823. The Kier molecular flexibility index (Phi) is 6.21. The summed E-state index contributed by atoms with van der Waals surface area (Å²) in [5.74, 6) is 0.0275. The van der Waals surface area contributed by atoms with Gasteiger partial charge in [-0.2, -0.15) is 0 Å².